The van der Waals surface area contributed by atoms with Gasteiger partial charge in [0.05, 0.1) is 5.41 Å². The smallest absolute Gasteiger partial charge is 0.315 e. The highest BCUT2D eigenvalue weighted by Gasteiger charge is 2.42. The number of carbonyl (C=O) groups excluding carboxylic acids is 1. The van der Waals surface area contributed by atoms with Crippen molar-refractivity contribution in [1.82, 2.24) is 0 Å². The van der Waals surface area contributed by atoms with Crippen LogP contribution < -0.4 is 0 Å². The van der Waals surface area contributed by atoms with Crippen molar-refractivity contribution in [2.75, 3.05) is 6.61 Å². The summed E-state index contributed by atoms with van der Waals surface area (Å²) in [6, 6.07) is 0. The zero-order chi connectivity index (χ0) is 6.20. The average molecular weight is 114 g/mol. The van der Waals surface area contributed by atoms with E-state index in [0.717, 1.165) is 6.42 Å². The molecule has 1 aliphatic heterocycles. The molecule has 1 saturated heterocycles. The molecule has 0 N–H and O–H groups in total. The van der Waals surface area contributed by atoms with Crippen molar-refractivity contribution in [2.45, 2.75) is 20.3 Å². The van der Waals surface area contributed by atoms with Crippen molar-refractivity contribution in [3.8, 4) is 0 Å². The van der Waals surface area contributed by atoms with E-state index in [1.165, 1.54) is 0 Å². The van der Waals surface area contributed by atoms with E-state index in [-0.39, 0.29) is 11.4 Å². The van der Waals surface area contributed by atoms with Crippen LogP contribution in [0.5, 0.6) is 0 Å². The van der Waals surface area contributed by atoms with Gasteiger partial charge in [-0.25, -0.2) is 0 Å². The number of esters is 1. The Morgan fingerprint density at radius 1 is 1.88 bits per heavy atom. The van der Waals surface area contributed by atoms with Crippen LogP contribution in [0.3, 0.4) is 0 Å². The molecule has 1 unspecified atom stereocenters. The summed E-state index contributed by atoms with van der Waals surface area (Å²) in [7, 11) is 0. The summed E-state index contributed by atoms with van der Waals surface area (Å²) in [5, 5.41) is 0. The van der Waals surface area contributed by atoms with Gasteiger partial charge in [-0.2, -0.15) is 0 Å². The van der Waals surface area contributed by atoms with E-state index in [0.29, 0.717) is 6.61 Å². The molecule has 1 fully saturated rings. The molecule has 0 aromatic carbocycles. The lowest BCUT2D eigenvalue weighted by atomic mass is 9.85. The molecule has 0 aliphatic carbocycles. The molecule has 46 valence electrons. The number of hydrogen-bond donors (Lipinski definition) is 0. The number of ether oxygens (including phenoxy) is 1. The number of carbonyl (C=O) groups is 1. The Kier molecular flexibility index (Phi) is 1.03. The van der Waals surface area contributed by atoms with Crippen molar-refractivity contribution in [3.05, 3.63) is 0 Å². The van der Waals surface area contributed by atoms with E-state index in [1.54, 1.807) is 0 Å². The van der Waals surface area contributed by atoms with Crippen LogP contribution >= 0.6 is 0 Å². The Hall–Kier alpha value is -0.530. The molecule has 2 nitrogen and oxygen atoms in total. The summed E-state index contributed by atoms with van der Waals surface area (Å²) in [5.74, 6) is -0.0417. The van der Waals surface area contributed by atoms with Crippen LogP contribution in [0.25, 0.3) is 0 Å². The summed E-state index contributed by atoms with van der Waals surface area (Å²) in [6.45, 7) is 4.54. The predicted octanol–water partition coefficient (Wildman–Crippen LogP) is 0.960. The molecule has 0 spiro atoms. The van der Waals surface area contributed by atoms with Crippen LogP contribution in [0.1, 0.15) is 20.3 Å². The first-order valence-corrected chi connectivity index (χ1v) is 2.86. The summed E-state index contributed by atoms with van der Waals surface area (Å²) >= 11 is 0. The van der Waals surface area contributed by atoms with Crippen molar-refractivity contribution >= 4 is 5.97 Å². The minimum absolute atomic E-state index is 0.0417. The van der Waals surface area contributed by atoms with Gasteiger partial charge in [-0.05, 0) is 13.3 Å². The molecule has 0 amide bonds. The predicted molar refractivity (Wildman–Crippen MR) is 29.4 cm³/mol. The van der Waals surface area contributed by atoms with E-state index in [2.05, 4.69) is 4.74 Å². The standard InChI is InChI=1S/C6H10O2/c1-3-6(2)4-8-5(6)7/h3-4H2,1-2H3. The van der Waals surface area contributed by atoms with E-state index < -0.39 is 0 Å². The largest absolute Gasteiger partial charge is 0.464 e. The van der Waals surface area contributed by atoms with Gasteiger partial charge in [-0.3, -0.25) is 4.79 Å². The SMILES string of the molecule is CCC1(C)COC1=O. The molecule has 1 rings (SSSR count). The third kappa shape index (κ3) is 0.522. The Morgan fingerprint density at radius 2 is 2.50 bits per heavy atom. The highest BCUT2D eigenvalue weighted by molar-refractivity contribution is 5.81. The molecule has 0 aromatic heterocycles. The Labute approximate surface area is 48.8 Å². The van der Waals surface area contributed by atoms with Gasteiger partial charge in [0.25, 0.3) is 0 Å². The Bertz CT molecular complexity index is 116. The lowest BCUT2D eigenvalue weighted by molar-refractivity contribution is -0.183. The average Bonchev–Trinajstić information content (AvgIpc) is 1.83. The minimum Gasteiger partial charge on any atom is -0.464 e. The second-order valence-electron chi connectivity index (χ2n) is 2.49. The Balaban J connectivity index is 2.55. The molecule has 2 heteroatoms. The van der Waals surface area contributed by atoms with Gasteiger partial charge in [0.2, 0.25) is 0 Å². The fourth-order valence-electron chi connectivity index (χ4n) is 0.624. The van der Waals surface area contributed by atoms with Gasteiger partial charge in [-0.1, -0.05) is 6.92 Å². The molecule has 0 saturated carbocycles. The van der Waals surface area contributed by atoms with Gasteiger partial charge < -0.3 is 4.74 Å². The summed E-state index contributed by atoms with van der Waals surface area (Å²) in [4.78, 5) is 10.6. The minimum atomic E-state index is -0.139. The molecule has 1 aliphatic rings. The van der Waals surface area contributed by atoms with Crippen molar-refractivity contribution in [3.63, 3.8) is 0 Å². The van der Waals surface area contributed by atoms with Crippen molar-refractivity contribution < 1.29 is 9.53 Å². The van der Waals surface area contributed by atoms with Crippen LogP contribution in [0, 0.1) is 5.41 Å². The summed E-state index contributed by atoms with van der Waals surface area (Å²) in [5.41, 5.74) is -0.139. The van der Waals surface area contributed by atoms with Crippen molar-refractivity contribution in [1.29, 1.82) is 0 Å². The lowest BCUT2D eigenvalue weighted by Gasteiger charge is -2.34. The lowest BCUT2D eigenvalue weighted by Crippen LogP contribution is -2.44. The van der Waals surface area contributed by atoms with E-state index in [4.69, 9.17) is 0 Å². The molecule has 0 radical (unpaired) electrons. The first-order chi connectivity index (χ1) is 3.69. The van der Waals surface area contributed by atoms with Crippen LogP contribution in [0.2, 0.25) is 0 Å². The zero-order valence-electron chi connectivity index (χ0n) is 5.23. The maximum absolute atomic E-state index is 10.6. The molecule has 0 bridgehead atoms. The molecular weight excluding hydrogens is 104 g/mol. The number of hydrogen-bond acceptors (Lipinski definition) is 2. The van der Waals surface area contributed by atoms with Gasteiger partial charge >= 0.3 is 5.97 Å². The monoisotopic (exact) mass is 114 g/mol. The maximum atomic E-state index is 10.6. The van der Waals surface area contributed by atoms with E-state index in [9.17, 15) is 4.79 Å². The third-order valence-corrected chi connectivity index (χ3v) is 1.79. The van der Waals surface area contributed by atoms with Crippen LogP contribution in [0.4, 0.5) is 0 Å². The van der Waals surface area contributed by atoms with Crippen LogP contribution in [0.15, 0.2) is 0 Å². The number of rotatable bonds is 1. The van der Waals surface area contributed by atoms with E-state index >= 15 is 0 Å². The quantitative estimate of drug-likeness (QED) is 0.474. The zero-order valence-corrected chi connectivity index (χ0v) is 5.23. The molecular formula is C6H10O2. The Morgan fingerprint density at radius 3 is 2.50 bits per heavy atom. The highest BCUT2D eigenvalue weighted by atomic mass is 16.6. The van der Waals surface area contributed by atoms with E-state index in [1.807, 2.05) is 13.8 Å². The maximum Gasteiger partial charge on any atom is 0.315 e. The van der Waals surface area contributed by atoms with Gasteiger partial charge in [0, 0.05) is 0 Å². The van der Waals surface area contributed by atoms with Crippen LogP contribution in [-0.2, 0) is 9.53 Å². The van der Waals surface area contributed by atoms with Gasteiger partial charge in [0.15, 0.2) is 0 Å². The summed E-state index contributed by atoms with van der Waals surface area (Å²) in [6.07, 6.45) is 0.895. The third-order valence-electron chi connectivity index (χ3n) is 1.79. The fourth-order valence-corrected chi connectivity index (χ4v) is 0.624. The van der Waals surface area contributed by atoms with Gasteiger partial charge in [0.1, 0.15) is 6.61 Å². The normalized spacial score (nSPS) is 36.0. The molecule has 1 atom stereocenters. The molecule has 1 heterocycles. The highest BCUT2D eigenvalue weighted by Crippen LogP contribution is 2.31. The fraction of sp³-hybridized carbons (Fsp3) is 0.833. The number of cyclic esters (lactones) is 1. The second kappa shape index (κ2) is 1.47. The second-order valence-corrected chi connectivity index (χ2v) is 2.49. The first-order valence-electron chi connectivity index (χ1n) is 2.86. The van der Waals surface area contributed by atoms with Crippen LogP contribution in [-0.4, -0.2) is 12.6 Å². The van der Waals surface area contributed by atoms with Gasteiger partial charge in [-0.15, -0.1) is 0 Å². The molecule has 8 heavy (non-hydrogen) atoms. The van der Waals surface area contributed by atoms with Crippen molar-refractivity contribution in [2.24, 2.45) is 5.41 Å². The molecule has 0 aromatic rings. The first kappa shape index (κ1) is 5.60. The summed E-state index contributed by atoms with van der Waals surface area (Å²) < 4.78 is 4.60. The topological polar surface area (TPSA) is 26.3 Å².